The van der Waals surface area contributed by atoms with Crippen LogP contribution in [0.1, 0.15) is 38.1 Å². The lowest BCUT2D eigenvalue weighted by molar-refractivity contribution is -0.147. The highest BCUT2D eigenvalue weighted by Crippen LogP contribution is 2.36. The number of rotatable bonds is 6. The first-order valence-electron chi connectivity index (χ1n) is 6.69. The minimum atomic E-state index is -0.915. The monoisotopic (exact) mass is 366 g/mol. The normalized spacial score (nSPS) is 12.6. The summed E-state index contributed by atoms with van der Waals surface area (Å²) in [6.45, 7) is 7.25. The van der Waals surface area contributed by atoms with E-state index in [0.717, 1.165) is 17.8 Å². The van der Waals surface area contributed by atoms with Gasteiger partial charge < -0.3 is 4.74 Å². The topological polar surface area (TPSA) is 43.4 Å². The van der Waals surface area contributed by atoms with E-state index in [4.69, 9.17) is 27.9 Å². The summed E-state index contributed by atoms with van der Waals surface area (Å²) in [5.74, 6) is -1.21. The maximum atomic E-state index is 13.6. The highest BCUT2D eigenvalue weighted by atomic mass is 35.5. The molecule has 1 aromatic rings. The predicted molar refractivity (Wildman–Crippen MR) is 87.3 cm³/mol. The first kappa shape index (κ1) is 19.3. The molecule has 0 heterocycles. The van der Waals surface area contributed by atoms with Crippen LogP contribution in [0.4, 0.5) is 4.39 Å². The van der Waals surface area contributed by atoms with Gasteiger partial charge in [-0.3, -0.25) is 9.59 Å². The number of carbonyl (C=O) groups is 2. The Morgan fingerprint density at radius 1 is 1.23 bits per heavy atom. The molecule has 1 rings (SSSR count). The molecule has 7 heteroatoms. The first-order valence-corrected chi connectivity index (χ1v) is 8.33. The SMILES string of the molecule is CC(C)OC(=O)C(Sc1cc(C(=O)Cl)c(F)cc1Cl)C(C)C. The Bertz CT molecular complexity index is 576. The van der Waals surface area contributed by atoms with Crippen LogP contribution in [0.5, 0.6) is 0 Å². The van der Waals surface area contributed by atoms with E-state index >= 15 is 0 Å². The van der Waals surface area contributed by atoms with Gasteiger partial charge in [0.05, 0.1) is 16.7 Å². The van der Waals surface area contributed by atoms with E-state index < -0.39 is 16.3 Å². The summed E-state index contributed by atoms with van der Waals surface area (Å²) in [7, 11) is 0. The third-order valence-electron chi connectivity index (χ3n) is 2.68. The summed E-state index contributed by atoms with van der Waals surface area (Å²) in [4.78, 5) is 23.8. The van der Waals surface area contributed by atoms with Crippen molar-refractivity contribution in [3.05, 3.63) is 28.5 Å². The smallest absolute Gasteiger partial charge is 0.319 e. The van der Waals surface area contributed by atoms with Gasteiger partial charge in [0.15, 0.2) is 0 Å². The molecular weight excluding hydrogens is 350 g/mol. The fourth-order valence-electron chi connectivity index (χ4n) is 1.66. The zero-order valence-electron chi connectivity index (χ0n) is 12.7. The van der Waals surface area contributed by atoms with Crippen molar-refractivity contribution in [1.82, 2.24) is 0 Å². The molecule has 0 saturated carbocycles. The van der Waals surface area contributed by atoms with Gasteiger partial charge in [-0.05, 0) is 43.5 Å². The number of hydrogen-bond donors (Lipinski definition) is 0. The van der Waals surface area contributed by atoms with Crippen LogP contribution in [0.2, 0.25) is 5.02 Å². The van der Waals surface area contributed by atoms with Crippen LogP contribution >= 0.6 is 35.0 Å². The van der Waals surface area contributed by atoms with E-state index in [1.54, 1.807) is 13.8 Å². The largest absolute Gasteiger partial charge is 0.462 e. The predicted octanol–water partition coefficient (Wildman–Crippen LogP) is 4.93. The lowest BCUT2D eigenvalue weighted by atomic mass is 10.1. The summed E-state index contributed by atoms with van der Waals surface area (Å²) in [5, 5.41) is -1.32. The van der Waals surface area contributed by atoms with Gasteiger partial charge in [0.1, 0.15) is 11.1 Å². The second kappa shape index (κ2) is 8.18. The Morgan fingerprint density at radius 2 is 1.82 bits per heavy atom. The fraction of sp³-hybridized carbons (Fsp3) is 0.467. The molecule has 0 aliphatic carbocycles. The van der Waals surface area contributed by atoms with E-state index in [9.17, 15) is 14.0 Å². The number of hydrogen-bond acceptors (Lipinski definition) is 4. The Hall–Kier alpha value is -0.780. The van der Waals surface area contributed by atoms with Crippen molar-refractivity contribution >= 4 is 46.2 Å². The second-order valence-corrected chi connectivity index (χ2v) is 7.24. The van der Waals surface area contributed by atoms with Crippen LogP contribution in [0.15, 0.2) is 17.0 Å². The molecular formula is C15H17Cl2FO3S. The van der Waals surface area contributed by atoms with Gasteiger partial charge in [0, 0.05) is 4.90 Å². The summed E-state index contributed by atoms with van der Waals surface area (Å²) < 4.78 is 18.8. The highest BCUT2D eigenvalue weighted by molar-refractivity contribution is 8.00. The van der Waals surface area contributed by atoms with Crippen LogP contribution < -0.4 is 0 Å². The van der Waals surface area contributed by atoms with Crippen molar-refractivity contribution in [3.63, 3.8) is 0 Å². The van der Waals surface area contributed by atoms with Crippen molar-refractivity contribution in [3.8, 4) is 0 Å². The Morgan fingerprint density at radius 3 is 2.27 bits per heavy atom. The lowest BCUT2D eigenvalue weighted by Crippen LogP contribution is -2.27. The van der Waals surface area contributed by atoms with Gasteiger partial charge in [-0.25, -0.2) is 4.39 Å². The summed E-state index contributed by atoms with van der Waals surface area (Å²) in [6, 6.07) is 2.28. The molecule has 0 aliphatic rings. The van der Waals surface area contributed by atoms with E-state index in [-0.39, 0.29) is 28.6 Å². The summed E-state index contributed by atoms with van der Waals surface area (Å²) in [5.41, 5.74) is -0.270. The molecule has 0 N–H and O–H groups in total. The minimum Gasteiger partial charge on any atom is -0.462 e. The van der Waals surface area contributed by atoms with E-state index in [0.29, 0.717) is 4.90 Å². The molecule has 3 nitrogen and oxygen atoms in total. The molecule has 1 atom stereocenters. The van der Waals surface area contributed by atoms with Crippen LogP contribution in [0.3, 0.4) is 0 Å². The Labute approximate surface area is 143 Å². The van der Waals surface area contributed by atoms with Crippen LogP contribution in [0.25, 0.3) is 0 Å². The summed E-state index contributed by atoms with van der Waals surface area (Å²) >= 11 is 12.5. The van der Waals surface area contributed by atoms with E-state index in [2.05, 4.69) is 0 Å². The van der Waals surface area contributed by atoms with Gasteiger partial charge in [0.25, 0.3) is 5.24 Å². The average molecular weight is 367 g/mol. The molecule has 0 fully saturated rings. The van der Waals surface area contributed by atoms with Crippen molar-refractivity contribution in [2.45, 2.75) is 43.9 Å². The Balaban J connectivity index is 3.11. The molecule has 0 amide bonds. The molecule has 0 radical (unpaired) electrons. The van der Waals surface area contributed by atoms with Gasteiger partial charge >= 0.3 is 5.97 Å². The molecule has 0 bridgehead atoms. The third-order valence-corrected chi connectivity index (χ3v) is 4.89. The van der Waals surface area contributed by atoms with Gasteiger partial charge in [0.2, 0.25) is 0 Å². The molecule has 22 heavy (non-hydrogen) atoms. The van der Waals surface area contributed by atoms with E-state index in [1.165, 1.54) is 6.07 Å². The number of benzene rings is 1. The van der Waals surface area contributed by atoms with Crippen molar-refractivity contribution < 1.29 is 18.7 Å². The van der Waals surface area contributed by atoms with Gasteiger partial charge in [-0.1, -0.05) is 25.4 Å². The standard InChI is InChI=1S/C15H17Cl2FO3S/c1-7(2)13(15(20)21-8(3)4)22-12-5-9(14(17)19)11(18)6-10(12)16/h5-8,13H,1-4H3. The first-order chi connectivity index (χ1) is 10.1. The molecule has 0 aromatic heterocycles. The minimum absolute atomic E-state index is 0.0347. The van der Waals surface area contributed by atoms with E-state index in [1.807, 2.05) is 13.8 Å². The van der Waals surface area contributed by atoms with Gasteiger partial charge in [-0.2, -0.15) is 0 Å². The third kappa shape index (κ3) is 5.14. The van der Waals surface area contributed by atoms with Crippen LogP contribution in [-0.2, 0) is 9.53 Å². The molecule has 0 spiro atoms. The quantitative estimate of drug-likeness (QED) is 0.406. The van der Waals surface area contributed by atoms with Crippen molar-refractivity contribution in [1.29, 1.82) is 0 Å². The van der Waals surface area contributed by atoms with Crippen molar-refractivity contribution in [2.75, 3.05) is 0 Å². The number of ether oxygens (including phenoxy) is 1. The maximum Gasteiger partial charge on any atom is 0.319 e. The Kier molecular flexibility index (Phi) is 7.16. The second-order valence-electron chi connectivity index (χ2n) is 5.30. The molecule has 0 saturated heterocycles. The number of halogens is 3. The fourth-order valence-corrected chi connectivity index (χ4v) is 3.15. The highest BCUT2D eigenvalue weighted by Gasteiger charge is 2.27. The van der Waals surface area contributed by atoms with Crippen molar-refractivity contribution in [2.24, 2.45) is 5.92 Å². The zero-order chi connectivity index (χ0) is 17.0. The number of thioether (sulfide) groups is 1. The van der Waals surface area contributed by atoms with Gasteiger partial charge in [-0.15, -0.1) is 11.8 Å². The summed E-state index contributed by atoms with van der Waals surface area (Å²) in [6.07, 6.45) is -0.238. The molecule has 1 aromatic carbocycles. The number of carbonyl (C=O) groups excluding carboxylic acids is 2. The number of esters is 1. The molecule has 122 valence electrons. The maximum absolute atomic E-state index is 13.6. The molecule has 0 aliphatic heterocycles. The average Bonchev–Trinajstić information content (AvgIpc) is 2.35. The van der Waals surface area contributed by atoms with Crippen LogP contribution in [-0.4, -0.2) is 22.6 Å². The lowest BCUT2D eigenvalue weighted by Gasteiger charge is -2.21. The zero-order valence-corrected chi connectivity index (χ0v) is 15.0. The molecule has 1 unspecified atom stereocenters. The van der Waals surface area contributed by atoms with Crippen LogP contribution in [0, 0.1) is 11.7 Å².